The Kier molecular flexibility index (Phi) is 5.04. The van der Waals surface area contributed by atoms with Crippen molar-refractivity contribution in [2.24, 2.45) is 0 Å². The zero-order valence-electron chi connectivity index (χ0n) is 10.1. The van der Waals surface area contributed by atoms with Crippen molar-refractivity contribution in [3.63, 3.8) is 0 Å². The van der Waals surface area contributed by atoms with E-state index in [4.69, 9.17) is 4.74 Å². The van der Waals surface area contributed by atoms with E-state index < -0.39 is 6.17 Å². The lowest BCUT2D eigenvalue weighted by atomic mass is 9.96. The van der Waals surface area contributed by atoms with Gasteiger partial charge in [-0.05, 0) is 51.5 Å². The highest BCUT2D eigenvalue weighted by molar-refractivity contribution is 4.80. The number of alkyl halides is 1. The van der Waals surface area contributed by atoms with Crippen LogP contribution in [-0.4, -0.2) is 31.5 Å². The molecule has 0 aliphatic carbocycles. The second kappa shape index (κ2) is 6.55. The maximum atomic E-state index is 13.9. The van der Waals surface area contributed by atoms with Gasteiger partial charge in [-0.15, -0.1) is 0 Å². The van der Waals surface area contributed by atoms with E-state index in [9.17, 15) is 4.39 Å². The average Bonchev–Trinajstić information content (AvgIpc) is 2.83. The Morgan fingerprint density at radius 2 is 2.19 bits per heavy atom. The summed E-state index contributed by atoms with van der Waals surface area (Å²) in [7, 11) is 0. The highest BCUT2D eigenvalue weighted by Crippen LogP contribution is 2.21. The summed E-state index contributed by atoms with van der Waals surface area (Å²) in [4.78, 5) is 0. The number of ether oxygens (including phenoxy) is 1. The monoisotopic (exact) mass is 229 g/mol. The van der Waals surface area contributed by atoms with Crippen LogP contribution in [0.25, 0.3) is 0 Å². The molecule has 0 saturated carbocycles. The van der Waals surface area contributed by atoms with Crippen LogP contribution in [0.3, 0.4) is 0 Å². The predicted octanol–water partition coefficient (Wildman–Crippen LogP) is 2.82. The molecule has 0 radical (unpaired) electrons. The van der Waals surface area contributed by atoms with E-state index in [0.29, 0.717) is 12.5 Å². The Labute approximate surface area is 97.9 Å². The van der Waals surface area contributed by atoms with Gasteiger partial charge in [0.1, 0.15) is 6.17 Å². The maximum Gasteiger partial charge on any atom is 0.115 e. The smallest absolute Gasteiger partial charge is 0.115 e. The predicted molar refractivity (Wildman–Crippen MR) is 63.4 cm³/mol. The van der Waals surface area contributed by atoms with Gasteiger partial charge in [0.05, 0.1) is 6.10 Å². The summed E-state index contributed by atoms with van der Waals surface area (Å²) in [6, 6.07) is 0.123. The molecule has 2 rings (SSSR count). The maximum absolute atomic E-state index is 13.9. The minimum absolute atomic E-state index is 0.123. The van der Waals surface area contributed by atoms with Crippen LogP contribution in [-0.2, 0) is 4.74 Å². The number of nitrogens with one attached hydrogen (secondary N) is 1. The molecule has 2 saturated heterocycles. The summed E-state index contributed by atoms with van der Waals surface area (Å²) in [6.45, 7) is 1.91. The van der Waals surface area contributed by atoms with Crippen LogP contribution in [0.5, 0.6) is 0 Å². The quantitative estimate of drug-likeness (QED) is 0.782. The van der Waals surface area contributed by atoms with Crippen molar-refractivity contribution >= 4 is 0 Å². The highest BCUT2D eigenvalue weighted by atomic mass is 19.1. The molecule has 0 aromatic rings. The zero-order chi connectivity index (χ0) is 11.2. The zero-order valence-corrected chi connectivity index (χ0v) is 10.1. The second-order valence-corrected chi connectivity index (χ2v) is 5.14. The first-order valence-electron chi connectivity index (χ1n) is 6.85. The lowest BCUT2D eigenvalue weighted by Gasteiger charge is -2.26. The molecule has 3 heteroatoms. The molecule has 3 atom stereocenters. The van der Waals surface area contributed by atoms with Crippen LogP contribution >= 0.6 is 0 Å². The average molecular weight is 229 g/mol. The minimum Gasteiger partial charge on any atom is -0.378 e. The second-order valence-electron chi connectivity index (χ2n) is 5.14. The molecule has 2 heterocycles. The molecule has 94 valence electrons. The summed E-state index contributed by atoms with van der Waals surface area (Å²) in [6.07, 6.45) is 8.28. The van der Waals surface area contributed by atoms with Gasteiger partial charge in [0, 0.05) is 12.6 Å². The molecule has 0 spiro atoms. The Bertz CT molecular complexity index is 188. The molecule has 2 aliphatic heterocycles. The molecule has 3 unspecified atom stereocenters. The molecule has 1 N–H and O–H groups in total. The normalized spacial score (nSPS) is 32.8. The molecule has 0 amide bonds. The third-order valence-electron chi connectivity index (χ3n) is 3.82. The molecular formula is C13H24FNO. The molecule has 0 bridgehead atoms. The van der Waals surface area contributed by atoms with Gasteiger partial charge in [0.15, 0.2) is 0 Å². The molecule has 0 aromatic carbocycles. The Balaban J connectivity index is 1.57. The van der Waals surface area contributed by atoms with Crippen molar-refractivity contribution < 1.29 is 9.13 Å². The number of rotatable bonds is 5. The van der Waals surface area contributed by atoms with Crippen LogP contribution in [0, 0.1) is 0 Å². The molecular weight excluding hydrogens is 205 g/mol. The van der Waals surface area contributed by atoms with Crippen LogP contribution in [0.4, 0.5) is 4.39 Å². The van der Waals surface area contributed by atoms with Crippen LogP contribution in [0.1, 0.15) is 51.4 Å². The number of piperidine rings is 1. The fourth-order valence-corrected chi connectivity index (χ4v) is 2.80. The Hall–Kier alpha value is -0.150. The van der Waals surface area contributed by atoms with Crippen molar-refractivity contribution in [1.29, 1.82) is 0 Å². The fourth-order valence-electron chi connectivity index (χ4n) is 2.80. The highest BCUT2D eigenvalue weighted by Gasteiger charge is 2.23. The van der Waals surface area contributed by atoms with E-state index in [1.807, 2.05) is 0 Å². The molecule has 2 aliphatic rings. The van der Waals surface area contributed by atoms with Gasteiger partial charge in [-0.3, -0.25) is 0 Å². The van der Waals surface area contributed by atoms with E-state index in [1.54, 1.807) is 0 Å². The van der Waals surface area contributed by atoms with Gasteiger partial charge in [-0.1, -0.05) is 6.42 Å². The van der Waals surface area contributed by atoms with Gasteiger partial charge < -0.3 is 10.1 Å². The first kappa shape index (κ1) is 12.3. The lowest BCUT2D eigenvalue weighted by Crippen LogP contribution is -2.41. The minimum atomic E-state index is -0.651. The summed E-state index contributed by atoms with van der Waals surface area (Å²) < 4.78 is 19.4. The molecule has 2 nitrogen and oxygen atoms in total. The van der Waals surface area contributed by atoms with Gasteiger partial charge >= 0.3 is 0 Å². The first-order chi connectivity index (χ1) is 7.86. The topological polar surface area (TPSA) is 21.3 Å². The van der Waals surface area contributed by atoms with E-state index in [-0.39, 0.29) is 6.04 Å². The summed E-state index contributed by atoms with van der Waals surface area (Å²) in [5, 5.41) is 3.29. The van der Waals surface area contributed by atoms with Crippen molar-refractivity contribution in [1.82, 2.24) is 5.32 Å². The van der Waals surface area contributed by atoms with E-state index >= 15 is 0 Å². The molecule has 0 aromatic heterocycles. The number of hydrogen-bond donors (Lipinski definition) is 1. The van der Waals surface area contributed by atoms with Crippen molar-refractivity contribution in [3.05, 3.63) is 0 Å². The SMILES string of the molecule is FC(CCCC1CCCO1)C1CCCCN1. The van der Waals surface area contributed by atoms with Crippen molar-refractivity contribution in [2.45, 2.75) is 69.7 Å². The van der Waals surface area contributed by atoms with E-state index in [1.165, 1.54) is 25.7 Å². The standard InChI is InChI=1S/C13H24FNO/c14-12(13-8-1-2-9-15-13)7-3-5-11-6-4-10-16-11/h11-13,15H,1-10H2. The Morgan fingerprint density at radius 3 is 2.88 bits per heavy atom. The fraction of sp³-hybridized carbons (Fsp3) is 1.00. The van der Waals surface area contributed by atoms with Crippen LogP contribution in [0.15, 0.2) is 0 Å². The summed E-state index contributed by atoms with van der Waals surface area (Å²) in [5.41, 5.74) is 0. The van der Waals surface area contributed by atoms with Gasteiger partial charge in [0.2, 0.25) is 0 Å². The number of hydrogen-bond acceptors (Lipinski definition) is 2. The molecule has 2 fully saturated rings. The van der Waals surface area contributed by atoms with E-state index in [0.717, 1.165) is 32.4 Å². The lowest BCUT2D eigenvalue weighted by molar-refractivity contribution is 0.0978. The third-order valence-corrected chi connectivity index (χ3v) is 3.82. The van der Waals surface area contributed by atoms with E-state index in [2.05, 4.69) is 5.32 Å². The van der Waals surface area contributed by atoms with Crippen molar-refractivity contribution in [2.75, 3.05) is 13.2 Å². The van der Waals surface area contributed by atoms with Gasteiger partial charge in [-0.2, -0.15) is 0 Å². The largest absolute Gasteiger partial charge is 0.378 e. The summed E-state index contributed by atoms with van der Waals surface area (Å²) >= 11 is 0. The summed E-state index contributed by atoms with van der Waals surface area (Å²) in [5.74, 6) is 0. The van der Waals surface area contributed by atoms with Gasteiger partial charge in [0.25, 0.3) is 0 Å². The third kappa shape index (κ3) is 3.70. The van der Waals surface area contributed by atoms with Crippen molar-refractivity contribution in [3.8, 4) is 0 Å². The van der Waals surface area contributed by atoms with Gasteiger partial charge in [-0.25, -0.2) is 4.39 Å². The number of halogens is 1. The Morgan fingerprint density at radius 1 is 1.25 bits per heavy atom. The van der Waals surface area contributed by atoms with Crippen LogP contribution < -0.4 is 5.32 Å². The van der Waals surface area contributed by atoms with Crippen LogP contribution in [0.2, 0.25) is 0 Å². The first-order valence-corrected chi connectivity index (χ1v) is 6.85. The molecule has 16 heavy (non-hydrogen) atoms.